The predicted molar refractivity (Wildman–Crippen MR) is 175 cm³/mol. The molecule has 272 valence electrons. The molecule has 12 heteroatoms. The van der Waals surface area contributed by atoms with Crippen molar-refractivity contribution in [3.8, 4) is 12.3 Å². The van der Waals surface area contributed by atoms with Crippen molar-refractivity contribution in [2.24, 2.45) is 23.7 Å². The molecule has 0 amide bonds. The maximum absolute atomic E-state index is 13.8. The lowest BCUT2D eigenvalue weighted by molar-refractivity contribution is -0.307. The fraction of sp³-hybridized carbons (Fsp3) is 0.886. The molecule has 47 heavy (non-hydrogen) atoms. The largest absolute Gasteiger partial charge is 0.455 e. The van der Waals surface area contributed by atoms with Crippen LogP contribution >= 0.6 is 0 Å². The van der Waals surface area contributed by atoms with Crippen LogP contribution in [0.4, 0.5) is 0 Å². The van der Waals surface area contributed by atoms with Gasteiger partial charge in [0.2, 0.25) is 0 Å². The van der Waals surface area contributed by atoms with E-state index in [-0.39, 0.29) is 30.8 Å². The summed E-state index contributed by atoms with van der Waals surface area (Å²) in [6, 6.07) is -0.302. The second-order valence-electron chi connectivity index (χ2n) is 14.3. The third kappa shape index (κ3) is 9.74. The lowest BCUT2D eigenvalue weighted by atomic mass is 9.74. The number of carbonyl (C=O) groups is 2. The minimum atomic E-state index is -1.88. The molecule has 1 unspecified atom stereocenters. The van der Waals surface area contributed by atoms with Gasteiger partial charge in [-0.3, -0.25) is 14.5 Å². The quantitative estimate of drug-likeness (QED) is 0.220. The molecule has 0 spiro atoms. The number of hydrogen-bond acceptors (Lipinski definition) is 12. The standard InChI is InChI=1S/C35H61NO11/c1-13-15-16-36(11)25-17-20(4)44-33(29(25)45-24(8)37)47-31-22(6)28(39)23(7)32(41)46-26(14-2)35(10,42)30(40)21(5)27(38)19(3)18-34(31,9)43-12/h1,19-23,25-26,28-33,39-42H,14-18H2,2-12H3/t19-,20-,21+,22+,23-,25+,26-,28+,29-,30-,31-,32?,33+,34-,35-/m1/s1. The third-order valence-electron chi connectivity index (χ3n) is 10.5. The molecule has 0 radical (unpaired) electrons. The van der Waals surface area contributed by atoms with Crippen LogP contribution in [0.25, 0.3) is 0 Å². The lowest BCUT2D eigenvalue weighted by Gasteiger charge is -2.49. The number of ether oxygens (including phenoxy) is 5. The zero-order valence-corrected chi connectivity index (χ0v) is 30.2. The van der Waals surface area contributed by atoms with Crippen LogP contribution in [0.5, 0.6) is 0 Å². The second kappa shape index (κ2) is 17.3. The summed E-state index contributed by atoms with van der Waals surface area (Å²) in [6.45, 7) is 15.3. The van der Waals surface area contributed by atoms with E-state index >= 15 is 0 Å². The topological polar surface area (TPSA) is 164 Å². The minimum Gasteiger partial charge on any atom is -0.455 e. The molecule has 0 aromatic carbocycles. The summed E-state index contributed by atoms with van der Waals surface area (Å²) in [6.07, 6.45) is -1.68. The zero-order chi connectivity index (χ0) is 36.0. The monoisotopic (exact) mass is 671 g/mol. The van der Waals surface area contributed by atoms with Crippen LogP contribution in [0.2, 0.25) is 0 Å². The number of hydrogen-bond donors (Lipinski definition) is 4. The number of aliphatic hydroxyl groups is 4. The van der Waals surface area contributed by atoms with Gasteiger partial charge >= 0.3 is 5.97 Å². The Morgan fingerprint density at radius 3 is 2.26 bits per heavy atom. The molecule has 2 saturated heterocycles. The average Bonchev–Trinajstić information content (AvgIpc) is 3.02. The van der Waals surface area contributed by atoms with Gasteiger partial charge in [0.05, 0.1) is 42.2 Å². The molecule has 0 aromatic heterocycles. The minimum absolute atomic E-state index is 0.111. The van der Waals surface area contributed by atoms with Gasteiger partial charge in [0, 0.05) is 50.7 Å². The van der Waals surface area contributed by atoms with Gasteiger partial charge < -0.3 is 44.1 Å². The maximum atomic E-state index is 13.8. The van der Waals surface area contributed by atoms with Crippen molar-refractivity contribution in [1.82, 2.24) is 4.90 Å². The lowest BCUT2D eigenvalue weighted by Crippen LogP contribution is -2.61. The van der Waals surface area contributed by atoms with Crippen molar-refractivity contribution in [3.05, 3.63) is 0 Å². The van der Waals surface area contributed by atoms with Crippen LogP contribution in [0.3, 0.4) is 0 Å². The Hall–Kier alpha value is -1.66. The number of nitrogens with zero attached hydrogens (tertiary/aromatic N) is 1. The molecular weight excluding hydrogens is 610 g/mol. The van der Waals surface area contributed by atoms with E-state index in [1.54, 1.807) is 41.5 Å². The van der Waals surface area contributed by atoms with Crippen molar-refractivity contribution in [2.45, 2.75) is 154 Å². The van der Waals surface area contributed by atoms with Crippen molar-refractivity contribution in [1.29, 1.82) is 0 Å². The zero-order valence-electron chi connectivity index (χ0n) is 30.2. The molecular formula is C35H61NO11. The van der Waals surface area contributed by atoms with E-state index in [4.69, 9.17) is 30.1 Å². The average molecular weight is 672 g/mol. The number of carbonyl (C=O) groups excluding carboxylic acids is 2. The fourth-order valence-corrected chi connectivity index (χ4v) is 7.35. The van der Waals surface area contributed by atoms with E-state index in [0.29, 0.717) is 19.4 Å². The van der Waals surface area contributed by atoms with E-state index < -0.39 is 83.9 Å². The first-order valence-corrected chi connectivity index (χ1v) is 16.9. The second-order valence-corrected chi connectivity index (χ2v) is 14.3. The fourth-order valence-electron chi connectivity index (χ4n) is 7.35. The van der Waals surface area contributed by atoms with Gasteiger partial charge in [-0.25, -0.2) is 0 Å². The molecule has 0 aliphatic carbocycles. The third-order valence-corrected chi connectivity index (χ3v) is 10.5. The van der Waals surface area contributed by atoms with E-state index in [1.807, 2.05) is 18.9 Å². The van der Waals surface area contributed by atoms with Crippen LogP contribution < -0.4 is 0 Å². The van der Waals surface area contributed by atoms with Gasteiger partial charge in [-0.1, -0.05) is 34.6 Å². The summed E-state index contributed by atoms with van der Waals surface area (Å²) in [5.41, 5.74) is -3.12. The van der Waals surface area contributed by atoms with Gasteiger partial charge in [0.25, 0.3) is 0 Å². The molecule has 0 aromatic rings. The number of ketones is 1. The summed E-state index contributed by atoms with van der Waals surface area (Å²) in [5.74, 6) is -1.51. The highest BCUT2D eigenvalue weighted by Gasteiger charge is 2.52. The van der Waals surface area contributed by atoms with Gasteiger partial charge in [0.1, 0.15) is 11.4 Å². The van der Waals surface area contributed by atoms with Crippen molar-refractivity contribution in [3.63, 3.8) is 0 Å². The molecule has 4 N–H and O–H groups in total. The highest BCUT2D eigenvalue weighted by molar-refractivity contribution is 5.83. The van der Waals surface area contributed by atoms with Crippen LogP contribution in [-0.2, 0) is 33.3 Å². The highest BCUT2D eigenvalue weighted by atomic mass is 16.7. The molecule has 2 heterocycles. The molecule has 0 bridgehead atoms. The molecule has 15 atom stereocenters. The molecule has 2 aliphatic heterocycles. The SMILES string of the molecule is C#CCCN(C)[C@H]1C[C@@H](C)O[C@@H](O[C@@H]2[C@@H](C)[C@H](O)[C@@H](C)C(O)O[C@H](CC)[C@@](C)(O)[C@H](O)[C@@H](C)C(=O)[C@H](C)C[C@@]2(C)OC)[C@@H]1OC(C)=O. The summed E-state index contributed by atoms with van der Waals surface area (Å²) in [5, 5.41) is 45.6. The number of terminal acetylenes is 1. The number of rotatable bonds is 8. The summed E-state index contributed by atoms with van der Waals surface area (Å²) in [7, 11) is 3.38. The predicted octanol–water partition coefficient (Wildman–Crippen LogP) is 2.27. The smallest absolute Gasteiger partial charge is 0.303 e. The van der Waals surface area contributed by atoms with Crippen LogP contribution in [0.15, 0.2) is 0 Å². The molecule has 2 fully saturated rings. The van der Waals surface area contributed by atoms with E-state index in [1.165, 1.54) is 21.0 Å². The Balaban J connectivity index is 2.67. The number of methoxy groups -OCH3 is 1. The van der Waals surface area contributed by atoms with Gasteiger partial charge in [-0.15, -0.1) is 12.3 Å². The van der Waals surface area contributed by atoms with Gasteiger partial charge in [-0.2, -0.15) is 0 Å². The van der Waals surface area contributed by atoms with Crippen LogP contribution in [-0.4, -0.2) is 124 Å². The Kier molecular flexibility index (Phi) is 15.3. The maximum Gasteiger partial charge on any atom is 0.303 e. The van der Waals surface area contributed by atoms with E-state index in [0.717, 1.165) is 0 Å². The summed E-state index contributed by atoms with van der Waals surface area (Å²) < 4.78 is 30.9. The Bertz CT molecular complexity index is 1060. The number of esters is 1. The Morgan fingerprint density at radius 1 is 1.11 bits per heavy atom. The molecule has 2 aliphatic rings. The Morgan fingerprint density at radius 2 is 1.72 bits per heavy atom. The molecule has 12 nitrogen and oxygen atoms in total. The van der Waals surface area contributed by atoms with Gasteiger partial charge in [0.15, 0.2) is 18.7 Å². The van der Waals surface area contributed by atoms with Crippen molar-refractivity contribution >= 4 is 11.8 Å². The molecule has 2 rings (SSSR count). The summed E-state index contributed by atoms with van der Waals surface area (Å²) in [4.78, 5) is 28.2. The normalized spacial score (nSPS) is 44.4. The summed E-state index contributed by atoms with van der Waals surface area (Å²) >= 11 is 0. The van der Waals surface area contributed by atoms with Gasteiger partial charge in [-0.05, 0) is 47.1 Å². The number of Topliss-reactive ketones (excluding diaryl/α,β-unsaturated/α-hetero) is 1. The first-order valence-electron chi connectivity index (χ1n) is 16.9. The van der Waals surface area contributed by atoms with Crippen molar-refractivity contribution in [2.75, 3.05) is 20.7 Å². The Labute approximate surface area is 281 Å². The van der Waals surface area contributed by atoms with Crippen LogP contribution in [0.1, 0.15) is 88.0 Å². The number of likely N-dealkylation sites (N-methyl/N-ethyl adjacent to an activating group) is 1. The first kappa shape index (κ1) is 41.5. The van der Waals surface area contributed by atoms with E-state index in [9.17, 15) is 30.0 Å². The van der Waals surface area contributed by atoms with E-state index in [2.05, 4.69) is 5.92 Å². The first-order chi connectivity index (χ1) is 21.8. The van der Waals surface area contributed by atoms with Crippen molar-refractivity contribution < 1.29 is 53.7 Å². The highest BCUT2D eigenvalue weighted by Crippen LogP contribution is 2.40. The number of aliphatic hydroxyl groups excluding tert-OH is 3. The van der Waals surface area contributed by atoms with Crippen LogP contribution in [0, 0.1) is 36.0 Å². The molecule has 0 saturated carbocycles.